The highest BCUT2D eigenvalue weighted by Gasteiger charge is 2.07. The molecular formula is C19H20O2. The van der Waals surface area contributed by atoms with E-state index in [-0.39, 0.29) is 5.78 Å². The Kier molecular flexibility index (Phi) is 4.94. The Morgan fingerprint density at radius 2 is 1.71 bits per heavy atom. The van der Waals surface area contributed by atoms with Gasteiger partial charge >= 0.3 is 0 Å². The SMILES string of the molecule is COc1ccccc1C(=O)/C=C/c1ccc(C(C)C)cc1. The minimum Gasteiger partial charge on any atom is -0.496 e. The average Bonchev–Trinajstić information content (AvgIpc) is 2.52. The number of ether oxygens (including phenoxy) is 1. The number of rotatable bonds is 5. The number of hydrogen-bond acceptors (Lipinski definition) is 2. The third-order valence-corrected chi connectivity index (χ3v) is 3.40. The molecule has 2 aromatic carbocycles. The molecule has 0 aliphatic heterocycles. The van der Waals surface area contributed by atoms with Crippen LogP contribution in [0.3, 0.4) is 0 Å². The van der Waals surface area contributed by atoms with Gasteiger partial charge in [0.05, 0.1) is 12.7 Å². The van der Waals surface area contributed by atoms with Crippen molar-refractivity contribution in [2.24, 2.45) is 0 Å². The van der Waals surface area contributed by atoms with Crippen molar-refractivity contribution in [3.63, 3.8) is 0 Å². The molecule has 0 aliphatic rings. The number of carbonyl (C=O) groups is 1. The molecule has 0 saturated carbocycles. The van der Waals surface area contributed by atoms with Crippen LogP contribution in [0.25, 0.3) is 6.08 Å². The van der Waals surface area contributed by atoms with Crippen molar-refractivity contribution in [3.8, 4) is 5.75 Å². The normalized spacial score (nSPS) is 11.0. The molecule has 0 fully saturated rings. The van der Waals surface area contributed by atoms with Crippen molar-refractivity contribution in [1.82, 2.24) is 0 Å². The molecule has 0 atom stereocenters. The lowest BCUT2D eigenvalue weighted by Gasteiger charge is -2.05. The Morgan fingerprint density at radius 3 is 2.33 bits per heavy atom. The summed E-state index contributed by atoms with van der Waals surface area (Å²) in [6.07, 6.45) is 3.42. The summed E-state index contributed by atoms with van der Waals surface area (Å²) in [7, 11) is 1.57. The van der Waals surface area contributed by atoms with E-state index in [0.29, 0.717) is 17.2 Å². The highest BCUT2D eigenvalue weighted by molar-refractivity contribution is 6.08. The summed E-state index contributed by atoms with van der Waals surface area (Å²) < 4.78 is 5.21. The van der Waals surface area contributed by atoms with Crippen molar-refractivity contribution < 1.29 is 9.53 Å². The first-order valence-electron chi connectivity index (χ1n) is 7.07. The van der Waals surface area contributed by atoms with Crippen LogP contribution in [0.2, 0.25) is 0 Å². The molecule has 21 heavy (non-hydrogen) atoms. The van der Waals surface area contributed by atoms with Crippen LogP contribution in [-0.4, -0.2) is 12.9 Å². The molecule has 0 heterocycles. The fourth-order valence-corrected chi connectivity index (χ4v) is 2.10. The maximum atomic E-state index is 12.2. The summed E-state index contributed by atoms with van der Waals surface area (Å²) in [5, 5.41) is 0. The Labute approximate surface area is 126 Å². The van der Waals surface area contributed by atoms with E-state index in [0.717, 1.165) is 5.56 Å². The van der Waals surface area contributed by atoms with E-state index in [9.17, 15) is 4.79 Å². The predicted octanol–water partition coefficient (Wildman–Crippen LogP) is 4.71. The van der Waals surface area contributed by atoms with Gasteiger partial charge in [0.25, 0.3) is 0 Å². The lowest BCUT2D eigenvalue weighted by atomic mass is 10.0. The first-order valence-corrected chi connectivity index (χ1v) is 7.07. The fraction of sp³-hybridized carbons (Fsp3) is 0.211. The molecule has 0 N–H and O–H groups in total. The van der Waals surface area contributed by atoms with Gasteiger partial charge in [0.1, 0.15) is 5.75 Å². The van der Waals surface area contributed by atoms with Gasteiger partial charge in [0, 0.05) is 0 Å². The average molecular weight is 280 g/mol. The quantitative estimate of drug-likeness (QED) is 0.585. The smallest absolute Gasteiger partial charge is 0.189 e. The molecule has 2 rings (SSSR count). The molecular weight excluding hydrogens is 260 g/mol. The van der Waals surface area contributed by atoms with Crippen molar-refractivity contribution in [1.29, 1.82) is 0 Å². The van der Waals surface area contributed by atoms with E-state index in [2.05, 4.69) is 26.0 Å². The third-order valence-electron chi connectivity index (χ3n) is 3.40. The zero-order chi connectivity index (χ0) is 15.2. The monoisotopic (exact) mass is 280 g/mol. The molecule has 0 saturated heterocycles. The van der Waals surface area contributed by atoms with Crippen molar-refractivity contribution in [3.05, 3.63) is 71.3 Å². The first kappa shape index (κ1) is 15.0. The Hall–Kier alpha value is -2.35. The molecule has 0 radical (unpaired) electrons. The van der Waals surface area contributed by atoms with E-state index < -0.39 is 0 Å². The van der Waals surface area contributed by atoms with Gasteiger partial charge in [0.2, 0.25) is 0 Å². The molecule has 0 amide bonds. The van der Waals surface area contributed by atoms with Crippen LogP contribution in [0.4, 0.5) is 0 Å². The summed E-state index contributed by atoms with van der Waals surface area (Å²) in [6, 6.07) is 15.5. The summed E-state index contributed by atoms with van der Waals surface area (Å²) in [6.45, 7) is 4.33. The van der Waals surface area contributed by atoms with Crippen LogP contribution in [-0.2, 0) is 0 Å². The van der Waals surface area contributed by atoms with Gasteiger partial charge < -0.3 is 4.74 Å². The highest BCUT2D eigenvalue weighted by Crippen LogP contribution is 2.19. The van der Waals surface area contributed by atoms with Gasteiger partial charge in [-0.05, 0) is 35.3 Å². The van der Waals surface area contributed by atoms with E-state index in [1.807, 2.05) is 30.3 Å². The Bertz CT molecular complexity index is 637. The number of benzene rings is 2. The van der Waals surface area contributed by atoms with E-state index in [1.54, 1.807) is 25.3 Å². The number of carbonyl (C=O) groups excluding carboxylic acids is 1. The standard InChI is InChI=1S/C19H20O2/c1-14(2)16-11-8-15(9-12-16)10-13-18(20)17-6-4-5-7-19(17)21-3/h4-14H,1-3H3/b13-10+. The molecule has 0 bridgehead atoms. The lowest BCUT2D eigenvalue weighted by molar-refractivity contribution is 0.104. The summed E-state index contributed by atoms with van der Waals surface area (Å²) >= 11 is 0. The minimum absolute atomic E-state index is 0.0552. The van der Waals surface area contributed by atoms with Crippen molar-refractivity contribution >= 4 is 11.9 Å². The number of methoxy groups -OCH3 is 1. The zero-order valence-electron chi connectivity index (χ0n) is 12.7. The van der Waals surface area contributed by atoms with Crippen LogP contribution in [0.15, 0.2) is 54.6 Å². The third kappa shape index (κ3) is 3.82. The molecule has 0 aromatic heterocycles. The van der Waals surface area contributed by atoms with Crippen LogP contribution >= 0.6 is 0 Å². The summed E-state index contributed by atoms with van der Waals surface area (Å²) in [5.41, 5.74) is 2.89. The summed E-state index contributed by atoms with van der Waals surface area (Å²) in [4.78, 5) is 12.2. The van der Waals surface area contributed by atoms with Crippen molar-refractivity contribution in [2.75, 3.05) is 7.11 Å². The van der Waals surface area contributed by atoms with Gasteiger partial charge in [-0.3, -0.25) is 4.79 Å². The second-order valence-electron chi connectivity index (χ2n) is 5.22. The van der Waals surface area contributed by atoms with Crippen LogP contribution < -0.4 is 4.74 Å². The largest absolute Gasteiger partial charge is 0.496 e. The van der Waals surface area contributed by atoms with Gasteiger partial charge in [-0.1, -0.05) is 56.3 Å². The molecule has 2 aromatic rings. The maximum Gasteiger partial charge on any atom is 0.189 e. The zero-order valence-corrected chi connectivity index (χ0v) is 12.7. The van der Waals surface area contributed by atoms with Crippen LogP contribution in [0, 0.1) is 0 Å². The molecule has 0 unspecified atom stereocenters. The predicted molar refractivity (Wildman–Crippen MR) is 86.9 cm³/mol. The number of ketones is 1. The Balaban J connectivity index is 2.15. The topological polar surface area (TPSA) is 26.3 Å². The van der Waals surface area contributed by atoms with Gasteiger partial charge in [-0.2, -0.15) is 0 Å². The summed E-state index contributed by atoms with van der Waals surface area (Å²) in [5.74, 6) is 1.06. The van der Waals surface area contributed by atoms with Crippen molar-refractivity contribution in [2.45, 2.75) is 19.8 Å². The number of hydrogen-bond donors (Lipinski definition) is 0. The van der Waals surface area contributed by atoms with Gasteiger partial charge in [0.15, 0.2) is 5.78 Å². The van der Waals surface area contributed by atoms with Crippen LogP contribution in [0.1, 0.15) is 41.3 Å². The number of para-hydroxylation sites is 1. The van der Waals surface area contributed by atoms with E-state index in [4.69, 9.17) is 4.74 Å². The second-order valence-corrected chi connectivity index (χ2v) is 5.22. The minimum atomic E-state index is -0.0552. The van der Waals surface area contributed by atoms with E-state index in [1.165, 1.54) is 5.56 Å². The molecule has 2 heteroatoms. The van der Waals surface area contributed by atoms with Crippen LogP contribution in [0.5, 0.6) is 5.75 Å². The van der Waals surface area contributed by atoms with Gasteiger partial charge in [-0.15, -0.1) is 0 Å². The van der Waals surface area contributed by atoms with E-state index >= 15 is 0 Å². The Morgan fingerprint density at radius 1 is 1.05 bits per heavy atom. The molecule has 108 valence electrons. The number of allylic oxidation sites excluding steroid dienone is 1. The molecule has 0 aliphatic carbocycles. The second kappa shape index (κ2) is 6.89. The maximum absolute atomic E-state index is 12.2. The molecule has 0 spiro atoms. The fourth-order valence-electron chi connectivity index (χ4n) is 2.10. The molecule has 2 nitrogen and oxygen atoms in total. The van der Waals surface area contributed by atoms with Gasteiger partial charge in [-0.25, -0.2) is 0 Å². The lowest BCUT2D eigenvalue weighted by Crippen LogP contribution is -1.98. The highest BCUT2D eigenvalue weighted by atomic mass is 16.5. The first-order chi connectivity index (χ1) is 10.1.